The minimum Gasteiger partial charge on any atom is -0.372 e. The molecule has 0 aromatic carbocycles. The Hall–Kier alpha value is -0.320. The van der Waals surface area contributed by atoms with E-state index in [0.717, 1.165) is 12.8 Å². The number of ether oxygens (including phenoxy) is 1. The van der Waals surface area contributed by atoms with Gasteiger partial charge in [0.1, 0.15) is 6.61 Å². The number of unbranched alkanes of at least 4 members (excludes halogenated alkanes) is 2. The number of likely N-dealkylation sites (N-methyl/N-ethyl adjacent to an activating group) is 1. The van der Waals surface area contributed by atoms with E-state index in [1.807, 2.05) is 6.92 Å². The quantitative estimate of drug-likeness (QED) is 0.665. The zero-order valence-electron chi connectivity index (χ0n) is 10.6. The van der Waals surface area contributed by atoms with Gasteiger partial charge in [0.2, 0.25) is 5.91 Å². The molecule has 1 amide bonds. The van der Waals surface area contributed by atoms with Gasteiger partial charge in [-0.1, -0.05) is 19.8 Å². The first-order chi connectivity index (χ1) is 7.13. The lowest BCUT2D eigenvalue weighted by atomic mass is 10.3. The van der Waals surface area contributed by atoms with Gasteiger partial charge in [0.05, 0.1) is 0 Å². The van der Waals surface area contributed by atoms with Crippen molar-refractivity contribution in [1.82, 2.24) is 4.90 Å². The summed E-state index contributed by atoms with van der Waals surface area (Å²) in [5.41, 5.74) is 5.47. The minimum absolute atomic E-state index is 0. The molecule has 0 rings (SSSR count). The lowest BCUT2D eigenvalue weighted by molar-refractivity contribution is -0.136. The summed E-state index contributed by atoms with van der Waals surface area (Å²) in [4.78, 5) is 13.2. The van der Waals surface area contributed by atoms with Gasteiger partial charge in [-0.25, -0.2) is 0 Å². The van der Waals surface area contributed by atoms with Gasteiger partial charge in [-0.3, -0.25) is 4.79 Å². The average molecular weight is 253 g/mol. The van der Waals surface area contributed by atoms with E-state index in [9.17, 15) is 4.79 Å². The molecule has 0 aliphatic heterocycles. The van der Waals surface area contributed by atoms with E-state index >= 15 is 0 Å². The highest BCUT2D eigenvalue weighted by molar-refractivity contribution is 5.85. The highest BCUT2D eigenvalue weighted by atomic mass is 35.5. The number of hydrogen-bond acceptors (Lipinski definition) is 3. The van der Waals surface area contributed by atoms with Crippen molar-refractivity contribution in [3.05, 3.63) is 0 Å². The van der Waals surface area contributed by atoms with E-state index in [-0.39, 0.29) is 31.0 Å². The second-order valence-electron chi connectivity index (χ2n) is 3.85. The summed E-state index contributed by atoms with van der Waals surface area (Å²) in [7, 11) is 1.76. The summed E-state index contributed by atoms with van der Waals surface area (Å²) in [6.45, 7) is 5.39. The molecule has 1 atom stereocenters. The van der Waals surface area contributed by atoms with Gasteiger partial charge in [0.25, 0.3) is 0 Å². The number of halogens is 1. The number of rotatable bonds is 8. The van der Waals surface area contributed by atoms with Crippen molar-refractivity contribution < 1.29 is 9.53 Å². The van der Waals surface area contributed by atoms with Crippen molar-refractivity contribution in [2.45, 2.75) is 39.2 Å². The van der Waals surface area contributed by atoms with Crippen molar-refractivity contribution in [3.8, 4) is 0 Å². The second kappa shape index (κ2) is 11.2. The fourth-order valence-electron chi connectivity index (χ4n) is 1.12. The molecular weight excluding hydrogens is 228 g/mol. The lowest BCUT2D eigenvalue weighted by Crippen LogP contribution is -2.41. The summed E-state index contributed by atoms with van der Waals surface area (Å²) in [5.74, 6) is 0.00412. The van der Waals surface area contributed by atoms with Crippen LogP contribution in [0.3, 0.4) is 0 Å². The van der Waals surface area contributed by atoms with Crippen molar-refractivity contribution in [3.63, 3.8) is 0 Å². The highest BCUT2D eigenvalue weighted by Crippen LogP contribution is 1.97. The normalized spacial score (nSPS) is 11.8. The van der Waals surface area contributed by atoms with Crippen molar-refractivity contribution >= 4 is 18.3 Å². The summed E-state index contributed by atoms with van der Waals surface area (Å²) in [6.07, 6.45) is 3.35. The van der Waals surface area contributed by atoms with Crippen LogP contribution < -0.4 is 5.73 Å². The zero-order chi connectivity index (χ0) is 11.7. The number of carbonyl (C=O) groups is 1. The summed E-state index contributed by atoms with van der Waals surface area (Å²) in [5, 5.41) is 0. The summed E-state index contributed by atoms with van der Waals surface area (Å²) < 4.78 is 5.28. The maximum atomic E-state index is 11.5. The molecular formula is C11H25ClN2O2. The van der Waals surface area contributed by atoms with Gasteiger partial charge < -0.3 is 15.4 Å². The molecule has 1 unspecified atom stereocenters. The molecule has 16 heavy (non-hydrogen) atoms. The molecule has 4 nitrogen and oxygen atoms in total. The SMILES string of the molecule is CCCCCOCC(=O)N(C)C(C)CN.Cl. The fourth-order valence-corrected chi connectivity index (χ4v) is 1.12. The van der Waals surface area contributed by atoms with Gasteiger partial charge >= 0.3 is 0 Å². The van der Waals surface area contributed by atoms with Crippen LogP contribution in [0.15, 0.2) is 0 Å². The molecule has 0 fully saturated rings. The van der Waals surface area contributed by atoms with Crippen LogP contribution in [0.5, 0.6) is 0 Å². The van der Waals surface area contributed by atoms with E-state index in [0.29, 0.717) is 13.2 Å². The largest absolute Gasteiger partial charge is 0.372 e. The third-order valence-corrected chi connectivity index (χ3v) is 2.51. The first-order valence-corrected chi connectivity index (χ1v) is 5.67. The molecule has 0 aromatic heterocycles. The Balaban J connectivity index is 0. The highest BCUT2D eigenvalue weighted by Gasteiger charge is 2.13. The number of carbonyl (C=O) groups excluding carboxylic acids is 1. The number of amides is 1. The smallest absolute Gasteiger partial charge is 0.248 e. The predicted molar refractivity (Wildman–Crippen MR) is 68.9 cm³/mol. The first-order valence-electron chi connectivity index (χ1n) is 5.67. The van der Waals surface area contributed by atoms with Crippen LogP contribution in [0.1, 0.15) is 33.1 Å². The molecule has 2 N–H and O–H groups in total. The van der Waals surface area contributed by atoms with Crippen LogP contribution in [0.4, 0.5) is 0 Å². The molecule has 0 aromatic rings. The molecule has 0 heterocycles. The predicted octanol–water partition coefficient (Wildman–Crippen LogP) is 1.42. The molecule has 5 heteroatoms. The molecule has 0 saturated heterocycles. The van der Waals surface area contributed by atoms with E-state index in [1.54, 1.807) is 11.9 Å². The molecule has 98 valence electrons. The average Bonchev–Trinajstić information content (AvgIpc) is 2.26. The van der Waals surface area contributed by atoms with Gasteiger partial charge in [-0.2, -0.15) is 0 Å². The topological polar surface area (TPSA) is 55.6 Å². The van der Waals surface area contributed by atoms with E-state index in [4.69, 9.17) is 10.5 Å². The lowest BCUT2D eigenvalue weighted by Gasteiger charge is -2.23. The molecule has 0 aliphatic carbocycles. The van der Waals surface area contributed by atoms with Crippen LogP contribution >= 0.6 is 12.4 Å². The van der Waals surface area contributed by atoms with Gasteiger partial charge in [-0.05, 0) is 13.3 Å². The Morgan fingerprint density at radius 3 is 2.56 bits per heavy atom. The minimum atomic E-state index is 0. The Bertz CT molecular complexity index is 179. The Morgan fingerprint density at radius 2 is 2.06 bits per heavy atom. The number of nitrogens with zero attached hydrogens (tertiary/aromatic N) is 1. The third kappa shape index (κ3) is 7.91. The maximum Gasteiger partial charge on any atom is 0.248 e. The monoisotopic (exact) mass is 252 g/mol. The van der Waals surface area contributed by atoms with Crippen LogP contribution in [-0.2, 0) is 9.53 Å². The van der Waals surface area contributed by atoms with Crippen LogP contribution in [-0.4, -0.2) is 43.7 Å². The fraction of sp³-hybridized carbons (Fsp3) is 0.909. The van der Waals surface area contributed by atoms with Crippen LogP contribution in [0, 0.1) is 0 Å². The number of nitrogens with two attached hydrogens (primary N) is 1. The van der Waals surface area contributed by atoms with E-state index in [1.165, 1.54) is 6.42 Å². The standard InChI is InChI=1S/C11H24N2O2.ClH/c1-4-5-6-7-15-9-11(14)13(3)10(2)8-12;/h10H,4-9,12H2,1-3H3;1H. The van der Waals surface area contributed by atoms with Crippen LogP contribution in [0.2, 0.25) is 0 Å². The molecule has 0 radical (unpaired) electrons. The van der Waals surface area contributed by atoms with Gasteiger partial charge in [0, 0.05) is 26.2 Å². The Kier molecular flexibility index (Phi) is 12.6. The Morgan fingerprint density at radius 1 is 1.44 bits per heavy atom. The molecule has 0 saturated carbocycles. The van der Waals surface area contributed by atoms with Crippen molar-refractivity contribution in [2.24, 2.45) is 5.73 Å². The Labute approximate surface area is 105 Å². The van der Waals surface area contributed by atoms with E-state index < -0.39 is 0 Å². The second-order valence-corrected chi connectivity index (χ2v) is 3.85. The van der Waals surface area contributed by atoms with E-state index in [2.05, 4.69) is 6.92 Å². The third-order valence-electron chi connectivity index (χ3n) is 2.51. The molecule has 0 bridgehead atoms. The number of hydrogen-bond donors (Lipinski definition) is 1. The zero-order valence-corrected chi connectivity index (χ0v) is 11.4. The molecule has 0 spiro atoms. The van der Waals surface area contributed by atoms with Crippen molar-refractivity contribution in [1.29, 1.82) is 0 Å². The summed E-state index contributed by atoms with van der Waals surface area (Å²) >= 11 is 0. The van der Waals surface area contributed by atoms with Gasteiger partial charge in [0.15, 0.2) is 0 Å². The van der Waals surface area contributed by atoms with Gasteiger partial charge in [-0.15, -0.1) is 12.4 Å². The summed E-state index contributed by atoms with van der Waals surface area (Å²) in [6, 6.07) is 0.0803. The van der Waals surface area contributed by atoms with Crippen LogP contribution in [0.25, 0.3) is 0 Å². The van der Waals surface area contributed by atoms with Crippen molar-refractivity contribution in [2.75, 3.05) is 26.8 Å². The first kappa shape index (κ1) is 18.1. The molecule has 0 aliphatic rings. The maximum absolute atomic E-state index is 11.5.